The molecule has 2 N–H and O–H groups in total. The Bertz CT molecular complexity index is 396. The quantitative estimate of drug-likeness (QED) is 0.862. The average Bonchev–Trinajstić information content (AvgIpc) is 2.74. The Balaban J connectivity index is 2.62. The van der Waals surface area contributed by atoms with Gasteiger partial charge in [0.05, 0.1) is 23.9 Å². The fourth-order valence-electron chi connectivity index (χ4n) is 1.74. The largest absolute Gasteiger partial charge is 0.394 e. The van der Waals surface area contributed by atoms with Gasteiger partial charge in [-0.25, -0.2) is 4.98 Å². The van der Waals surface area contributed by atoms with E-state index in [-0.39, 0.29) is 24.0 Å². The summed E-state index contributed by atoms with van der Waals surface area (Å²) < 4.78 is 0. The summed E-state index contributed by atoms with van der Waals surface area (Å²) in [4.78, 5) is 16.7. The highest BCUT2D eigenvalue weighted by Gasteiger charge is 2.21. The summed E-state index contributed by atoms with van der Waals surface area (Å²) in [6, 6.07) is -0.204. The van der Waals surface area contributed by atoms with Gasteiger partial charge in [-0.15, -0.1) is 11.3 Å². The lowest BCUT2D eigenvalue weighted by atomic mass is 9.88. The average molecular weight is 270 g/mol. The number of carbonyl (C=O) groups is 1. The van der Waals surface area contributed by atoms with Gasteiger partial charge in [0.1, 0.15) is 4.88 Å². The minimum atomic E-state index is -0.204. The van der Waals surface area contributed by atoms with Gasteiger partial charge in [-0.3, -0.25) is 4.79 Å². The van der Waals surface area contributed by atoms with Gasteiger partial charge in [-0.05, 0) is 18.3 Å². The van der Waals surface area contributed by atoms with Crippen molar-refractivity contribution in [2.45, 2.75) is 46.6 Å². The molecule has 0 spiro atoms. The lowest BCUT2D eigenvalue weighted by Gasteiger charge is -2.25. The van der Waals surface area contributed by atoms with Gasteiger partial charge >= 0.3 is 0 Å². The summed E-state index contributed by atoms with van der Waals surface area (Å²) in [5.41, 5.74) is 0.0724. The first kappa shape index (κ1) is 15.1. The molecular formula is C13H22N2O2S. The Morgan fingerprint density at radius 1 is 1.56 bits per heavy atom. The van der Waals surface area contributed by atoms with Crippen molar-refractivity contribution < 1.29 is 9.90 Å². The van der Waals surface area contributed by atoms with E-state index in [1.807, 2.05) is 6.92 Å². The maximum atomic E-state index is 12.0. The van der Waals surface area contributed by atoms with Crippen molar-refractivity contribution in [2.24, 2.45) is 5.41 Å². The number of aromatic nitrogens is 1. The molecule has 0 aliphatic rings. The number of hydrogen-bond donors (Lipinski definition) is 2. The molecule has 1 amide bonds. The van der Waals surface area contributed by atoms with Crippen LogP contribution in [0.3, 0.4) is 0 Å². The van der Waals surface area contributed by atoms with Crippen LogP contribution in [-0.2, 0) is 6.42 Å². The van der Waals surface area contributed by atoms with Gasteiger partial charge in [-0.1, -0.05) is 27.7 Å². The van der Waals surface area contributed by atoms with Gasteiger partial charge in [-0.2, -0.15) is 0 Å². The van der Waals surface area contributed by atoms with Gasteiger partial charge < -0.3 is 10.4 Å². The topological polar surface area (TPSA) is 62.2 Å². The fraction of sp³-hybridized carbons (Fsp3) is 0.692. The van der Waals surface area contributed by atoms with Crippen LogP contribution < -0.4 is 5.32 Å². The van der Waals surface area contributed by atoms with Crippen LogP contribution in [0.2, 0.25) is 0 Å². The number of amides is 1. The van der Waals surface area contributed by atoms with E-state index in [4.69, 9.17) is 0 Å². The van der Waals surface area contributed by atoms with Crippen LogP contribution in [0.15, 0.2) is 6.20 Å². The summed E-state index contributed by atoms with van der Waals surface area (Å²) in [6.07, 6.45) is 3.18. The minimum Gasteiger partial charge on any atom is -0.394 e. The van der Waals surface area contributed by atoms with E-state index in [2.05, 4.69) is 31.1 Å². The van der Waals surface area contributed by atoms with E-state index in [0.29, 0.717) is 4.88 Å². The predicted octanol–water partition coefficient (Wildman–Crippen LogP) is 2.23. The number of hydrogen-bond acceptors (Lipinski definition) is 4. The summed E-state index contributed by atoms with van der Waals surface area (Å²) in [7, 11) is 0. The third-order valence-corrected chi connectivity index (χ3v) is 3.63. The Hall–Kier alpha value is -0.940. The Labute approximate surface area is 112 Å². The molecule has 1 aromatic heterocycles. The summed E-state index contributed by atoms with van der Waals surface area (Å²) >= 11 is 1.41. The summed E-state index contributed by atoms with van der Waals surface area (Å²) in [5, 5.41) is 13.1. The van der Waals surface area contributed by atoms with Crippen LogP contribution in [0.4, 0.5) is 0 Å². The molecule has 1 aromatic rings. The SMILES string of the molecule is CCc1ncc(C(=O)NC(CO)CC(C)(C)C)s1. The first-order chi connectivity index (χ1) is 8.35. The van der Waals surface area contributed by atoms with Crippen LogP contribution in [0.5, 0.6) is 0 Å². The maximum Gasteiger partial charge on any atom is 0.263 e. The normalized spacial score (nSPS) is 13.4. The zero-order valence-electron chi connectivity index (χ0n) is 11.5. The number of aryl methyl sites for hydroxylation is 1. The van der Waals surface area contributed by atoms with E-state index in [0.717, 1.165) is 17.8 Å². The number of aliphatic hydroxyl groups excluding tert-OH is 1. The molecule has 0 fully saturated rings. The second kappa shape index (κ2) is 6.29. The first-order valence-electron chi connectivity index (χ1n) is 6.22. The van der Waals surface area contributed by atoms with Gasteiger partial charge in [0.25, 0.3) is 5.91 Å². The molecule has 0 radical (unpaired) electrons. The number of nitrogens with one attached hydrogen (secondary N) is 1. The standard InChI is InChI=1S/C13H22N2O2S/c1-5-11-14-7-10(18-11)12(17)15-9(8-16)6-13(2,3)4/h7,9,16H,5-6,8H2,1-4H3,(H,15,17). The second-order valence-corrected chi connectivity index (χ2v) is 6.70. The maximum absolute atomic E-state index is 12.0. The van der Waals surface area contributed by atoms with Crippen LogP contribution in [0.25, 0.3) is 0 Å². The number of rotatable bonds is 5. The number of aliphatic hydroxyl groups is 1. The predicted molar refractivity (Wildman–Crippen MR) is 73.9 cm³/mol. The smallest absolute Gasteiger partial charge is 0.263 e. The molecule has 0 aromatic carbocycles. The number of thiazole rings is 1. The van der Waals surface area contributed by atoms with Crippen LogP contribution in [-0.4, -0.2) is 28.6 Å². The molecule has 0 saturated heterocycles. The molecule has 1 atom stereocenters. The van der Waals surface area contributed by atoms with Gasteiger partial charge in [0.15, 0.2) is 0 Å². The molecule has 0 bridgehead atoms. The lowest BCUT2D eigenvalue weighted by Crippen LogP contribution is -2.39. The van der Waals surface area contributed by atoms with Crippen LogP contribution in [0, 0.1) is 5.41 Å². The molecule has 0 saturated carbocycles. The van der Waals surface area contributed by atoms with Crippen molar-refractivity contribution in [3.05, 3.63) is 16.1 Å². The number of carbonyl (C=O) groups excluding carboxylic acids is 1. The van der Waals surface area contributed by atoms with Crippen molar-refractivity contribution in [3.63, 3.8) is 0 Å². The highest BCUT2D eigenvalue weighted by molar-refractivity contribution is 7.13. The van der Waals surface area contributed by atoms with Crippen molar-refractivity contribution in [3.8, 4) is 0 Å². The molecule has 1 heterocycles. The van der Waals surface area contributed by atoms with Gasteiger partial charge in [0.2, 0.25) is 0 Å². The van der Waals surface area contributed by atoms with Gasteiger partial charge in [0, 0.05) is 0 Å². The molecule has 5 heteroatoms. The minimum absolute atomic E-state index is 0.0392. The highest BCUT2D eigenvalue weighted by atomic mass is 32.1. The second-order valence-electron chi connectivity index (χ2n) is 5.59. The highest BCUT2D eigenvalue weighted by Crippen LogP contribution is 2.21. The lowest BCUT2D eigenvalue weighted by molar-refractivity contribution is 0.0901. The first-order valence-corrected chi connectivity index (χ1v) is 7.03. The van der Waals surface area contributed by atoms with Crippen molar-refractivity contribution in [2.75, 3.05) is 6.61 Å². The third-order valence-electron chi connectivity index (χ3n) is 2.49. The van der Waals surface area contributed by atoms with E-state index in [1.165, 1.54) is 11.3 Å². The monoisotopic (exact) mass is 270 g/mol. The molecule has 4 nitrogen and oxygen atoms in total. The molecule has 0 aliphatic heterocycles. The van der Waals surface area contributed by atoms with E-state index in [1.54, 1.807) is 6.20 Å². The van der Waals surface area contributed by atoms with Crippen molar-refractivity contribution in [1.29, 1.82) is 0 Å². The zero-order valence-corrected chi connectivity index (χ0v) is 12.3. The summed E-state index contributed by atoms with van der Waals surface area (Å²) in [6.45, 7) is 8.23. The zero-order chi connectivity index (χ0) is 13.8. The Kier molecular flexibility index (Phi) is 5.28. The molecule has 18 heavy (non-hydrogen) atoms. The molecule has 0 aliphatic carbocycles. The Morgan fingerprint density at radius 3 is 2.67 bits per heavy atom. The number of nitrogens with zero attached hydrogens (tertiary/aromatic N) is 1. The fourth-order valence-corrected chi connectivity index (χ4v) is 2.50. The molecular weight excluding hydrogens is 248 g/mol. The van der Waals surface area contributed by atoms with Crippen LogP contribution in [0.1, 0.15) is 48.8 Å². The third kappa shape index (κ3) is 4.74. The van der Waals surface area contributed by atoms with E-state index < -0.39 is 0 Å². The molecule has 102 valence electrons. The van der Waals surface area contributed by atoms with E-state index in [9.17, 15) is 9.90 Å². The Morgan fingerprint density at radius 2 is 2.22 bits per heavy atom. The van der Waals surface area contributed by atoms with E-state index >= 15 is 0 Å². The van der Waals surface area contributed by atoms with Crippen molar-refractivity contribution in [1.82, 2.24) is 10.3 Å². The molecule has 1 unspecified atom stereocenters. The van der Waals surface area contributed by atoms with Crippen molar-refractivity contribution >= 4 is 17.2 Å². The molecule has 1 rings (SSSR count). The summed E-state index contributed by atoms with van der Waals surface area (Å²) in [5.74, 6) is -0.143. The van der Waals surface area contributed by atoms with Crippen LogP contribution >= 0.6 is 11.3 Å².